The summed E-state index contributed by atoms with van der Waals surface area (Å²) in [5.74, 6) is 3.57. The zero-order valence-electron chi connectivity index (χ0n) is 26.9. The molecule has 4 saturated carbocycles. The van der Waals surface area contributed by atoms with Gasteiger partial charge in [0.25, 0.3) is 0 Å². The van der Waals surface area contributed by atoms with Gasteiger partial charge in [-0.2, -0.15) is 0 Å². The third-order valence-corrected chi connectivity index (χ3v) is 12.8. The van der Waals surface area contributed by atoms with Crippen LogP contribution >= 0.6 is 0 Å². The van der Waals surface area contributed by atoms with E-state index < -0.39 is 17.7 Å². The average Bonchev–Trinajstić information content (AvgIpc) is 3.27. The molecule has 0 heterocycles. The topological polar surface area (TPSA) is 55.8 Å². The monoisotopic (exact) mass is 558 g/mol. The largest absolute Gasteiger partial charge is 0.456 e. The van der Waals surface area contributed by atoms with Crippen LogP contribution in [0.1, 0.15) is 138 Å². The number of carbonyl (C=O) groups excluding carboxylic acids is 1. The van der Waals surface area contributed by atoms with E-state index in [2.05, 4.69) is 48.1 Å². The summed E-state index contributed by atoms with van der Waals surface area (Å²) >= 11 is 0. The first-order valence-corrected chi connectivity index (χ1v) is 17.2. The van der Waals surface area contributed by atoms with E-state index in [-0.39, 0.29) is 11.5 Å². The lowest BCUT2D eigenvalue weighted by Crippen LogP contribution is -2.69. The molecule has 230 valence electrons. The lowest BCUT2D eigenvalue weighted by molar-refractivity contribution is -0.272. The third kappa shape index (κ3) is 6.10. The van der Waals surface area contributed by atoms with Gasteiger partial charge in [-0.25, -0.2) is 4.79 Å². The van der Waals surface area contributed by atoms with Crippen LogP contribution in [0.3, 0.4) is 0 Å². The molecule has 0 amide bonds. The van der Waals surface area contributed by atoms with Gasteiger partial charge < -0.3 is 14.6 Å². The Morgan fingerprint density at radius 1 is 1.00 bits per heavy atom. The van der Waals surface area contributed by atoms with Crippen LogP contribution < -0.4 is 0 Å². The first-order valence-electron chi connectivity index (χ1n) is 17.2. The smallest absolute Gasteiger partial charge is 0.330 e. The highest BCUT2D eigenvalue weighted by molar-refractivity contribution is 5.81. The fraction of sp³-hybridized carbons (Fsp3) is 0.917. The zero-order valence-corrected chi connectivity index (χ0v) is 26.9. The van der Waals surface area contributed by atoms with Gasteiger partial charge >= 0.3 is 5.97 Å². The second kappa shape index (κ2) is 13.2. The highest BCUT2D eigenvalue weighted by atomic mass is 16.6. The number of esters is 1. The number of hydrogen-bond acceptors (Lipinski definition) is 4. The Balaban J connectivity index is 1.53. The number of ether oxygens (including phenoxy) is 2. The van der Waals surface area contributed by atoms with Crippen molar-refractivity contribution in [3.05, 3.63) is 12.7 Å². The van der Waals surface area contributed by atoms with Gasteiger partial charge in [0, 0.05) is 24.5 Å². The number of hydrogen-bond donors (Lipinski definition) is 1. The second-order valence-electron chi connectivity index (χ2n) is 15.4. The molecular weight excluding hydrogens is 496 g/mol. The maximum atomic E-state index is 12.6. The molecule has 0 aromatic heterocycles. The van der Waals surface area contributed by atoms with Gasteiger partial charge in [0.2, 0.25) is 0 Å². The highest BCUT2D eigenvalue weighted by Gasteiger charge is 2.68. The number of carbonyl (C=O) groups is 1. The molecule has 4 aliphatic carbocycles. The van der Waals surface area contributed by atoms with E-state index in [1.807, 2.05) is 0 Å². The van der Waals surface area contributed by atoms with Gasteiger partial charge in [-0.05, 0) is 92.3 Å². The molecule has 0 aliphatic heterocycles. The van der Waals surface area contributed by atoms with Crippen molar-refractivity contribution in [3.8, 4) is 0 Å². The number of fused-ring (bicyclic) bond motifs is 5. The molecular formula is C36H62O4. The van der Waals surface area contributed by atoms with Crippen molar-refractivity contribution in [1.29, 1.82) is 0 Å². The summed E-state index contributed by atoms with van der Waals surface area (Å²) < 4.78 is 12.5. The molecule has 4 rings (SSSR count). The van der Waals surface area contributed by atoms with Gasteiger partial charge in [-0.1, -0.05) is 86.6 Å². The van der Waals surface area contributed by atoms with Crippen LogP contribution in [0.4, 0.5) is 0 Å². The molecule has 4 heteroatoms. The molecule has 4 nitrogen and oxygen atoms in total. The molecule has 0 aromatic rings. The van der Waals surface area contributed by atoms with Crippen molar-refractivity contribution in [2.24, 2.45) is 46.3 Å². The minimum Gasteiger partial charge on any atom is -0.456 e. The van der Waals surface area contributed by atoms with Crippen molar-refractivity contribution in [2.75, 3.05) is 6.61 Å². The maximum absolute atomic E-state index is 12.6. The molecule has 0 spiro atoms. The average molecular weight is 559 g/mol. The molecule has 10 atom stereocenters. The lowest BCUT2D eigenvalue weighted by atomic mass is 9.42. The molecule has 0 radical (unpaired) electrons. The second-order valence-corrected chi connectivity index (χ2v) is 15.4. The summed E-state index contributed by atoms with van der Waals surface area (Å²) in [5.41, 5.74) is -0.947. The molecule has 4 aliphatic rings. The first-order chi connectivity index (χ1) is 19.0. The van der Waals surface area contributed by atoms with Crippen LogP contribution in [0, 0.1) is 46.3 Å². The molecule has 4 fully saturated rings. The summed E-state index contributed by atoms with van der Waals surface area (Å²) in [7, 11) is 0. The van der Waals surface area contributed by atoms with Crippen LogP contribution in [-0.2, 0) is 14.3 Å². The minimum absolute atomic E-state index is 0.0394. The van der Waals surface area contributed by atoms with E-state index >= 15 is 0 Å². The highest BCUT2D eigenvalue weighted by Crippen LogP contribution is 2.69. The summed E-state index contributed by atoms with van der Waals surface area (Å²) in [6, 6.07) is 0. The van der Waals surface area contributed by atoms with E-state index in [9.17, 15) is 9.90 Å². The van der Waals surface area contributed by atoms with Crippen LogP contribution in [0.15, 0.2) is 12.7 Å². The Morgan fingerprint density at radius 2 is 1.77 bits per heavy atom. The minimum atomic E-state index is -1.05. The van der Waals surface area contributed by atoms with Crippen LogP contribution in [0.2, 0.25) is 0 Å². The van der Waals surface area contributed by atoms with E-state index in [4.69, 9.17) is 9.47 Å². The molecule has 0 bridgehead atoms. The van der Waals surface area contributed by atoms with Gasteiger partial charge in [-0.3, -0.25) is 0 Å². The molecule has 0 saturated heterocycles. The SMILES string of the molecule is C=CC(=O)O[C@@H]1C[C@H]2[C@@H]3CC[C@H]([C@H](C)CCCC(C)C)[C@@]3(C)CC[C@@H]2[C@@]2(C)CC[C@H](OCCCCCC)C[C@]12O. The molecule has 1 N–H and O–H groups in total. The van der Waals surface area contributed by atoms with Gasteiger partial charge in [0.05, 0.1) is 6.10 Å². The quantitative estimate of drug-likeness (QED) is 0.139. The normalized spacial score (nSPS) is 41.6. The predicted octanol–water partition coefficient (Wildman–Crippen LogP) is 8.90. The van der Waals surface area contributed by atoms with Crippen molar-refractivity contribution in [2.45, 2.75) is 156 Å². The van der Waals surface area contributed by atoms with Crippen molar-refractivity contribution in [3.63, 3.8) is 0 Å². The Bertz CT molecular complexity index is 854. The predicted molar refractivity (Wildman–Crippen MR) is 164 cm³/mol. The summed E-state index contributed by atoms with van der Waals surface area (Å²) in [4.78, 5) is 12.6. The molecule has 0 aromatic carbocycles. The Morgan fingerprint density at radius 3 is 2.48 bits per heavy atom. The lowest BCUT2D eigenvalue weighted by Gasteiger charge is -2.65. The van der Waals surface area contributed by atoms with E-state index in [0.29, 0.717) is 29.6 Å². The summed E-state index contributed by atoms with van der Waals surface area (Å²) in [5, 5.41) is 12.6. The van der Waals surface area contributed by atoms with Crippen molar-refractivity contribution in [1.82, 2.24) is 0 Å². The van der Waals surface area contributed by atoms with Crippen LogP contribution in [-0.4, -0.2) is 35.5 Å². The van der Waals surface area contributed by atoms with Crippen LogP contribution in [0.25, 0.3) is 0 Å². The number of aliphatic hydroxyl groups is 1. The van der Waals surface area contributed by atoms with Crippen molar-refractivity contribution >= 4 is 5.97 Å². The fourth-order valence-electron chi connectivity index (χ4n) is 10.5. The number of unbranched alkanes of at least 4 members (excludes halogenated alkanes) is 3. The summed E-state index contributed by atoms with van der Waals surface area (Å²) in [6.45, 7) is 18.8. The standard InChI is InChI=1S/C36H62O4/c1-8-10-11-12-22-39-27-18-21-35(7)31-19-20-34(6)29(26(5)15-13-14-25(3)4)16-17-30(34)28(31)23-32(36(35,38)24-27)40-33(37)9-2/h9,25-32,38H,2,8,10-24H2,1,3-7H3/t26-,27+,28+,29-,30+,31+,32-,34-,35-,36+/m1/s1. The van der Waals surface area contributed by atoms with Gasteiger partial charge in [-0.15, -0.1) is 0 Å². The zero-order chi connectivity index (χ0) is 29.1. The Hall–Kier alpha value is -0.870. The Labute approximate surface area is 246 Å². The maximum Gasteiger partial charge on any atom is 0.330 e. The number of rotatable bonds is 13. The third-order valence-electron chi connectivity index (χ3n) is 12.8. The van der Waals surface area contributed by atoms with E-state index in [0.717, 1.165) is 50.0 Å². The first kappa shape index (κ1) is 32.1. The van der Waals surface area contributed by atoms with E-state index in [1.165, 1.54) is 70.3 Å². The van der Waals surface area contributed by atoms with Crippen LogP contribution in [0.5, 0.6) is 0 Å². The molecule has 40 heavy (non-hydrogen) atoms. The fourth-order valence-corrected chi connectivity index (χ4v) is 10.5. The Kier molecular flexibility index (Phi) is 10.6. The summed E-state index contributed by atoms with van der Waals surface area (Å²) in [6.07, 6.45) is 18.0. The van der Waals surface area contributed by atoms with Gasteiger partial charge in [0.1, 0.15) is 11.7 Å². The molecule has 0 unspecified atom stereocenters. The van der Waals surface area contributed by atoms with Gasteiger partial charge in [0.15, 0.2) is 0 Å². The van der Waals surface area contributed by atoms with E-state index in [1.54, 1.807) is 0 Å². The van der Waals surface area contributed by atoms with Crippen molar-refractivity contribution < 1.29 is 19.4 Å².